The minimum atomic E-state index is -0.0535. The Hall–Kier alpha value is -1.58. The molecule has 0 spiro atoms. The SMILES string of the molecule is Cc1ccnc(N2CCC(C)(NC=O)CC2)c1. The van der Waals surface area contributed by atoms with Crippen molar-refractivity contribution in [1.29, 1.82) is 0 Å². The molecule has 1 N–H and O–H groups in total. The molecule has 1 aliphatic heterocycles. The molecule has 1 saturated heterocycles. The van der Waals surface area contributed by atoms with E-state index in [1.165, 1.54) is 5.56 Å². The molecule has 0 aliphatic carbocycles. The first-order valence-electron chi connectivity index (χ1n) is 6.02. The molecule has 1 aromatic rings. The monoisotopic (exact) mass is 233 g/mol. The molecule has 0 bridgehead atoms. The van der Waals surface area contributed by atoms with E-state index in [2.05, 4.69) is 35.1 Å². The molecule has 0 unspecified atom stereocenters. The Kier molecular flexibility index (Phi) is 3.31. The Morgan fingerprint density at radius 1 is 1.47 bits per heavy atom. The second kappa shape index (κ2) is 4.73. The van der Waals surface area contributed by atoms with Crippen LogP contribution in [-0.4, -0.2) is 30.0 Å². The smallest absolute Gasteiger partial charge is 0.207 e. The molecule has 1 aromatic heterocycles. The van der Waals surface area contributed by atoms with Gasteiger partial charge < -0.3 is 10.2 Å². The van der Waals surface area contributed by atoms with Crippen molar-refractivity contribution in [2.75, 3.05) is 18.0 Å². The van der Waals surface area contributed by atoms with Crippen molar-refractivity contribution >= 4 is 12.2 Å². The predicted octanol–water partition coefficient (Wildman–Crippen LogP) is 1.49. The summed E-state index contributed by atoms with van der Waals surface area (Å²) in [5.74, 6) is 1.04. The Morgan fingerprint density at radius 2 is 2.18 bits per heavy atom. The fraction of sp³-hybridized carbons (Fsp3) is 0.538. The molecule has 0 aromatic carbocycles. The van der Waals surface area contributed by atoms with Crippen LogP contribution in [0.15, 0.2) is 18.3 Å². The highest BCUT2D eigenvalue weighted by Crippen LogP contribution is 2.24. The van der Waals surface area contributed by atoms with E-state index in [9.17, 15) is 4.79 Å². The lowest BCUT2D eigenvalue weighted by atomic mass is 9.90. The number of amides is 1. The van der Waals surface area contributed by atoms with Gasteiger partial charge in [0.25, 0.3) is 0 Å². The summed E-state index contributed by atoms with van der Waals surface area (Å²) in [5.41, 5.74) is 1.18. The molecule has 1 aliphatic rings. The Bertz CT molecular complexity index is 397. The third-order valence-electron chi connectivity index (χ3n) is 3.50. The fourth-order valence-electron chi connectivity index (χ4n) is 2.21. The molecule has 4 heteroatoms. The van der Waals surface area contributed by atoms with Crippen molar-refractivity contribution in [3.8, 4) is 0 Å². The zero-order valence-electron chi connectivity index (χ0n) is 10.4. The zero-order valence-corrected chi connectivity index (χ0v) is 10.4. The molecule has 0 radical (unpaired) electrons. The lowest BCUT2D eigenvalue weighted by Gasteiger charge is -2.39. The van der Waals surface area contributed by atoms with Gasteiger partial charge in [0.1, 0.15) is 5.82 Å². The number of aromatic nitrogens is 1. The van der Waals surface area contributed by atoms with Crippen molar-refractivity contribution < 1.29 is 4.79 Å². The van der Waals surface area contributed by atoms with Crippen LogP contribution in [-0.2, 0) is 4.79 Å². The minimum Gasteiger partial charge on any atom is -0.356 e. The molecule has 4 nitrogen and oxygen atoms in total. The number of pyridine rings is 1. The van der Waals surface area contributed by atoms with Crippen LogP contribution in [0.1, 0.15) is 25.3 Å². The number of rotatable bonds is 3. The topological polar surface area (TPSA) is 45.2 Å². The van der Waals surface area contributed by atoms with Gasteiger partial charge in [-0.15, -0.1) is 0 Å². The number of nitrogens with one attached hydrogen (secondary N) is 1. The summed E-state index contributed by atoms with van der Waals surface area (Å²) in [4.78, 5) is 17.2. The summed E-state index contributed by atoms with van der Waals surface area (Å²) in [6, 6.07) is 4.11. The highest BCUT2D eigenvalue weighted by Gasteiger charge is 2.29. The minimum absolute atomic E-state index is 0.0535. The first kappa shape index (κ1) is 11.9. The van der Waals surface area contributed by atoms with E-state index in [-0.39, 0.29) is 5.54 Å². The maximum absolute atomic E-state index is 10.5. The highest BCUT2D eigenvalue weighted by molar-refractivity contribution is 5.48. The average molecular weight is 233 g/mol. The van der Waals surface area contributed by atoms with Gasteiger partial charge in [0, 0.05) is 24.8 Å². The third-order valence-corrected chi connectivity index (χ3v) is 3.50. The van der Waals surface area contributed by atoms with E-state index >= 15 is 0 Å². The Labute approximate surface area is 102 Å². The van der Waals surface area contributed by atoms with Gasteiger partial charge in [-0.3, -0.25) is 4.79 Å². The number of carbonyl (C=O) groups is 1. The van der Waals surface area contributed by atoms with Crippen molar-refractivity contribution in [3.63, 3.8) is 0 Å². The number of piperidine rings is 1. The summed E-state index contributed by atoms with van der Waals surface area (Å²) in [6.07, 6.45) is 4.57. The Morgan fingerprint density at radius 3 is 2.76 bits per heavy atom. The van der Waals surface area contributed by atoms with Gasteiger partial charge >= 0.3 is 0 Å². The summed E-state index contributed by atoms with van der Waals surface area (Å²) < 4.78 is 0. The normalized spacial score (nSPS) is 18.8. The van der Waals surface area contributed by atoms with Gasteiger partial charge in [-0.05, 0) is 44.4 Å². The van der Waals surface area contributed by atoms with Crippen molar-refractivity contribution in [1.82, 2.24) is 10.3 Å². The number of aryl methyl sites for hydroxylation is 1. The average Bonchev–Trinajstić information content (AvgIpc) is 2.30. The number of nitrogens with zero attached hydrogens (tertiary/aromatic N) is 2. The molecule has 0 atom stereocenters. The van der Waals surface area contributed by atoms with E-state index in [1.807, 2.05) is 12.3 Å². The van der Waals surface area contributed by atoms with E-state index in [1.54, 1.807) is 0 Å². The molecular weight excluding hydrogens is 214 g/mol. The van der Waals surface area contributed by atoms with Gasteiger partial charge in [-0.1, -0.05) is 0 Å². The largest absolute Gasteiger partial charge is 0.356 e. The maximum atomic E-state index is 10.5. The molecule has 1 fully saturated rings. The first-order valence-corrected chi connectivity index (χ1v) is 6.02. The molecule has 2 rings (SSSR count). The van der Waals surface area contributed by atoms with Crippen molar-refractivity contribution in [3.05, 3.63) is 23.9 Å². The highest BCUT2D eigenvalue weighted by atomic mass is 16.1. The van der Waals surface area contributed by atoms with Crippen LogP contribution in [0.2, 0.25) is 0 Å². The molecular formula is C13H19N3O. The van der Waals surface area contributed by atoms with E-state index < -0.39 is 0 Å². The summed E-state index contributed by atoms with van der Waals surface area (Å²) in [6.45, 7) is 6.05. The van der Waals surface area contributed by atoms with E-state index in [0.717, 1.165) is 38.2 Å². The maximum Gasteiger partial charge on any atom is 0.207 e. The number of anilines is 1. The van der Waals surface area contributed by atoms with Crippen molar-refractivity contribution in [2.45, 2.75) is 32.2 Å². The van der Waals surface area contributed by atoms with Crippen LogP contribution in [0.4, 0.5) is 5.82 Å². The molecule has 92 valence electrons. The standard InChI is InChI=1S/C13H19N3O/c1-11-3-6-14-12(9-11)16-7-4-13(2,5-8-16)15-10-17/h3,6,9-10H,4-5,7-8H2,1-2H3,(H,15,17). The second-order valence-corrected chi connectivity index (χ2v) is 5.00. The predicted molar refractivity (Wildman–Crippen MR) is 68.0 cm³/mol. The molecule has 17 heavy (non-hydrogen) atoms. The van der Waals surface area contributed by atoms with Crippen molar-refractivity contribution in [2.24, 2.45) is 0 Å². The zero-order chi connectivity index (χ0) is 12.3. The first-order chi connectivity index (χ1) is 8.13. The molecule has 2 heterocycles. The lowest BCUT2D eigenvalue weighted by molar-refractivity contribution is -0.111. The van der Waals surface area contributed by atoms with Gasteiger partial charge in [0.05, 0.1) is 0 Å². The number of hydrogen-bond donors (Lipinski definition) is 1. The van der Waals surface area contributed by atoms with Gasteiger partial charge in [0.2, 0.25) is 6.41 Å². The molecule has 0 saturated carbocycles. The summed E-state index contributed by atoms with van der Waals surface area (Å²) >= 11 is 0. The summed E-state index contributed by atoms with van der Waals surface area (Å²) in [7, 11) is 0. The Balaban J connectivity index is 2.02. The van der Waals surface area contributed by atoms with Gasteiger partial charge in [0.15, 0.2) is 0 Å². The molecule has 1 amide bonds. The van der Waals surface area contributed by atoms with E-state index in [4.69, 9.17) is 0 Å². The number of carbonyl (C=O) groups excluding carboxylic acids is 1. The quantitative estimate of drug-likeness (QED) is 0.805. The van der Waals surface area contributed by atoms with Gasteiger partial charge in [-0.2, -0.15) is 0 Å². The second-order valence-electron chi connectivity index (χ2n) is 5.00. The van der Waals surface area contributed by atoms with Crippen LogP contribution >= 0.6 is 0 Å². The van der Waals surface area contributed by atoms with Gasteiger partial charge in [-0.25, -0.2) is 4.98 Å². The van der Waals surface area contributed by atoms with Crippen LogP contribution in [0.25, 0.3) is 0 Å². The lowest BCUT2D eigenvalue weighted by Crippen LogP contribution is -2.51. The van der Waals surface area contributed by atoms with Crippen LogP contribution in [0.3, 0.4) is 0 Å². The number of hydrogen-bond acceptors (Lipinski definition) is 3. The van der Waals surface area contributed by atoms with Crippen LogP contribution in [0.5, 0.6) is 0 Å². The van der Waals surface area contributed by atoms with Crippen LogP contribution < -0.4 is 10.2 Å². The summed E-state index contributed by atoms with van der Waals surface area (Å²) in [5, 5.41) is 2.92. The third kappa shape index (κ3) is 2.75. The van der Waals surface area contributed by atoms with E-state index in [0.29, 0.717) is 0 Å². The fourth-order valence-corrected chi connectivity index (χ4v) is 2.21. The van der Waals surface area contributed by atoms with Crippen LogP contribution in [0, 0.1) is 6.92 Å².